The SMILES string of the molecule is Cl.N#CC[C@H](N)c1ccc(OC(F)(F)F)cc1. The highest BCUT2D eigenvalue weighted by Gasteiger charge is 2.30. The van der Waals surface area contributed by atoms with Crippen LogP contribution >= 0.6 is 12.4 Å². The smallest absolute Gasteiger partial charge is 0.406 e. The number of hydrogen-bond donors (Lipinski definition) is 1. The summed E-state index contributed by atoms with van der Waals surface area (Å²) in [6, 6.07) is 6.53. The standard InChI is InChI=1S/C10H9F3N2O.ClH/c11-10(12,13)16-8-3-1-7(2-4-8)9(15)5-6-14;/h1-4,9H,5,15H2;1H/t9-;/m0./s1. The van der Waals surface area contributed by atoms with Gasteiger partial charge in [0.05, 0.1) is 12.5 Å². The van der Waals surface area contributed by atoms with Crippen molar-refractivity contribution in [2.45, 2.75) is 18.8 Å². The Morgan fingerprint density at radius 2 is 1.82 bits per heavy atom. The number of nitrogens with zero attached hydrogens (tertiary/aromatic N) is 1. The molecule has 3 nitrogen and oxygen atoms in total. The van der Waals surface area contributed by atoms with Crippen LogP contribution in [-0.2, 0) is 0 Å². The molecule has 0 saturated heterocycles. The first-order chi connectivity index (χ1) is 7.42. The van der Waals surface area contributed by atoms with Gasteiger partial charge in [0.15, 0.2) is 0 Å². The van der Waals surface area contributed by atoms with Gasteiger partial charge in [-0.1, -0.05) is 12.1 Å². The maximum Gasteiger partial charge on any atom is 0.573 e. The summed E-state index contributed by atoms with van der Waals surface area (Å²) in [5, 5.41) is 8.40. The van der Waals surface area contributed by atoms with E-state index < -0.39 is 12.4 Å². The van der Waals surface area contributed by atoms with E-state index >= 15 is 0 Å². The Labute approximate surface area is 102 Å². The lowest BCUT2D eigenvalue weighted by Crippen LogP contribution is -2.17. The average Bonchev–Trinajstić information content (AvgIpc) is 2.16. The van der Waals surface area contributed by atoms with E-state index in [1.54, 1.807) is 0 Å². The van der Waals surface area contributed by atoms with Crippen molar-refractivity contribution in [3.63, 3.8) is 0 Å². The second kappa shape index (κ2) is 6.33. The van der Waals surface area contributed by atoms with E-state index in [1.807, 2.05) is 6.07 Å². The quantitative estimate of drug-likeness (QED) is 0.915. The molecule has 0 aromatic heterocycles. The molecule has 0 amide bonds. The highest BCUT2D eigenvalue weighted by atomic mass is 35.5. The number of nitrogens with two attached hydrogens (primary N) is 1. The van der Waals surface area contributed by atoms with Crippen LogP contribution in [0, 0.1) is 11.3 Å². The minimum absolute atomic E-state index is 0. The van der Waals surface area contributed by atoms with Crippen LogP contribution in [0.4, 0.5) is 13.2 Å². The molecule has 94 valence electrons. The highest BCUT2D eigenvalue weighted by molar-refractivity contribution is 5.85. The number of alkyl halides is 3. The van der Waals surface area contributed by atoms with E-state index in [0.717, 1.165) is 0 Å². The highest BCUT2D eigenvalue weighted by Crippen LogP contribution is 2.24. The van der Waals surface area contributed by atoms with Crippen molar-refractivity contribution in [1.82, 2.24) is 0 Å². The zero-order chi connectivity index (χ0) is 12.2. The fourth-order valence-corrected chi connectivity index (χ4v) is 1.13. The van der Waals surface area contributed by atoms with Crippen LogP contribution in [0.15, 0.2) is 24.3 Å². The summed E-state index contributed by atoms with van der Waals surface area (Å²) in [5.41, 5.74) is 6.19. The zero-order valence-corrected chi connectivity index (χ0v) is 9.39. The van der Waals surface area contributed by atoms with E-state index in [1.165, 1.54) is 24.3 Å². The van der Waals surface area contributed by atoms with Crippen LogP contribution in [0.2, 0.25) is 0 Å². The lowest BCUT2D eigenvalue weighted by molar-refractivity contribution is -0.274. The molecule has 0 aliphatic rings. The molecule has 0 aliphatic heterocycles. The Balaban J connectivity index is 0.00000256. The Bertz CT molecular complexity index is 386. The average molecular weight is 267 g/mol. The van der Waals surface area contributed by atoms with Gasteiger partial charge in [0, 0.05) is 6.04 Å². The van der Waals surface area contributed by atoms with Crippen molar-refractivity contribution in [1.29, 1.82) is 5.26 Å². The van der Waals surface area contributed by atoms with E-state index in [-0.39, 0.29) is 24.6 Å². The summed E-state index contributed by atoms with van der Waals surface area (Å²) in [7, 11) is 0. The number of rotatable bonds is 3. The summed E-state index contributed by atoms with van der Waals surface area (Å²) in [6.45, 7) is 0. The molecule has 7 heteroatoms. The fourth-order valence-electron chi connectivity index (χ4n) is 1.13. The molecular weight excluding hydrogens is 257 g/mol. The maximum absolute atomic E-state index is 11.8. The van der Waals surface area contributed by atoms with Gasteiger partial charge < -0.3 is 10.5 Å². The topological polar surface area (TPSA) is 59.0 Å². The molecule has 1 atom stereocenters. The lowest BCUT2D eigenvalue weighted by atomic mass is 10.1. The zero-order valence-electron chi connectivity index (χ0n) is 8.57. The summed E-state index contributed by atoms with van der Waals surface area (Å²) in [6.07, 6.45) is -4.59. The van der Waals surface area contributed by atoms with E-state index in [4.69, 9.17) is 11.0 Å². The molecule has 1 rings (SSSR count). The monoisotopic (exact) mass is 266 g/mol. The Kier molecular flexibility index (Phi) is 5.79. The summed E-state index contributed by atoms with van der Waals surface area (Å²) >= 11 is 0. The molecule has 0 heterocycles. The molecule has 1 aromatic carbocycles. The third kappa shape index (κ3) is 5.43. The normalized spacial score (nSPS) is 12.2. The number of halogens is 4. The van der Waals surface area contributed by atoms with Gasteiger partial charge in [-0.25, -0.2) is 0 Å². The van der Waals surface area contributed by atoms with Crippen molar-refractivity contribution < 1.29 is 17.9 Å². The van der Waals surface area contributed by atoms with Crippen LogP contribution in [-0.4, -0.2) is 6.36 Å². The third-order valence-electron chi connectivity index (χ3n) is 1.85. The first kappa shape index (κ1) is 15.6. The summed E-state index contributed by atoms with van der Waals surface area (Å²) in [5.74, 6) is -0.305. The van der Waals surface area contributed by atoms with Gasteiger partial charge in [-0.3, -0.25) is 0 Å². The lowest BCUT2D eigenvalue weighted by Gasteiger charge is -2.11. The van der Waals surface area contributed by atoms with Crippen LogP contribution in [0.3, 0.4) is 0 Å². The Hall–Kier alpha value is -1.45. The number of ether oxygens (including phenoxy) is 1. The van der Waals surface area contributed by atoms with E-state index in [2.05, 4.69) is 4.74 Å². The predicted molar refractivity (Wildman–Crippen MR) is 57.5 cm³/mol. The van der Waals surface area contributed by atoms with Crippen molar-refractivity contribution in [2.75, 3.05) is 0 Å². The van der Waals surface area contributed by atoms with Crippen molar-refractivity contribution in [2.24, 2.45) is 5.73 Å². The van der Waals surface area contributed by atoms with Crippen molar-refractivity contribution in [3.8, 4) is 11.8 Å². The molecule has 0 aliphatic carbocycles. The molecule has 0 fully saturated rings. The molecular formula is C10H10ClF3N2O. The van der Waals surface area contributed by atoms with Gasteiger partial charge in [0.2, 0.25) is 0 Å². The van der Waals surface area contributed by atoms with Crippen LogP contribution in [0.1, 0.15) is 18.0 Å². The van der Waals surface area contributed by atoms with Crippen LogP contribution in [0.25, 0.3) is 0 Å². The molecule has 0 bridgehead atoms. The van der Waals surface area contributed by atoms with E-state index in [0.29, 0.717) is 5.56 Å². The maximum atomic E-state index is 11.8. The minimum Gasteiger partial charge on any atom is -0.406 e. The second-order valence-electron chi connectivity index (χ2n) is 3.09. The van der Waals surface area contributed by atoms with Crippen molar-refractivity contribution in [3.05, 3.63) is 29.8 Å². The first-order valence-electron chi connectivity index (χ1n) is 4.40. The third-order valence-corrected chi connectivity index (χ3v) is 1.85. The molecule has 0 spiro atoms. The van der Waals surface area contributed by atoms with Gasteiger partial charge in [-0.15, -0.1) is 25.6 Å². The molecule has 2 N–H and O–H groups in total. The first-order valence-corrected chi connectivity index (χ1v) is 4.40. The van der Waals surface area contributed by atoms with Gasteiger partial charge in [-0.2, -0.15) is 5.26 Å². The van der Waals surface area contributed by atoms with Crippen molar-refractivity contribution >= 4 is 12.4 Å². The number of hydrogen-bond acceptors (Lipinski definition) is 3. The van der Waals surface area contributed by atoms with E-state index in [9.17, 15) is 13.2 Å². The number of benzene rings is 1. The van der Waals surface area contributed by atoms with Crippen LogP contribution < -0.4 is 10.5 Å². The fraction of sp³-hybridized carbons (Fsp3) is 0.300. The summed E-state index contributed by atoms with van der Waals surface area (Å²) in [4.78, 5) is 0. The molecule has 1 aromatic rings. The minimum atomic E-state index is -4.70. The Morgan fingerprint density at radius 3 is 2.24 bits per heavy atom. The molecule has 0 radical (unpaired) electrons. The number of nitriles is 1. The predicted octanol–water partition coefficient (Wildman–Crippen LogP) is 2.92. The Morgan fingerprint density at radius 1 is 1.29 bits per heavy atom. The molecule has 17 heavy (non-hydrogen) atoms. The van der Waals surface area contributed by atoms with Crippen LogP contribution in [0.5, 0.6) is 5.75 Å². The van der Waals surface area contributed by atoms with Gasteiger partial charge in [0.1, 0.15) is 5.75 Å². The largest absolute Gasteiger partial charge is 0.573 e. The van der Waals surface area contributed by atoms with Gasteiger partial charge in [0.25, 0.3) is 0 Å². The summed E-state index contributed by atoms with van der Waals surface area (Å²) < 4.78 is 39.2. The molecule has 0 unspecified atom stereocenters. The molecule has 0 saturated carbocycles. The van der Waals surface area contributed by atoms with Gasteiger partial charge >= 0.3 is 6.36 Å². The second-order valence-corrected chi connectivity index (χ2v) is 3.09. The van der Waals surface area contributed by atoms with Gasteiger partial charge in [-0.05, 0) is 17.7 Å².